The van der Waals surface area contributed by atoms with E-state index in [2.05, 4.69) is 15.3 Å². The molecule has 1 fully saturated rings. The van der Waals surface area contributed by atoms with Gasteiger partial charge in [-0.1, -0.05) is 24.3 Å². The second-order valence-corrected chi connectivity index (χ2v) is 10.0. The lowest BCUT2D eigenvalue weighted by Gasteiger charge is -2.28. The molecule has 0 spiro atoms. The Kier molecular flexibility index (Phi) is 6.32. The van der Waals surface area contributed by atoms with Crippen molar-refractivity contribution in [2.75, 3.05) is 24.2 Å². The normalized spacial score (nSPS) is 19.2. The first kappa shape index (κ1) is 24.4. The molecule has 3 heterocycles. The van der Waals surface area contributed by atoms with Crippen LogP contribution < -0.4 is 20.5 Å². The molecular weight excluding hydrogens is 474 g/mol. The van der Waals surface area contributed by atoms with Crippen molar-refractivity contribution in [2.24, 2.45) is 0 Å². The van der Waals surface area contributed by atoms with Crippen molar-refractivity contribution in [3.05, 3.63) is 60.4 Å². The molecule has 2 aliphatic rings. The molecular formula is C27H29N5O5. The average molecular weight is 504 g/mol. The van der Waals surface area contributed by atoms with E-state index in [4.69, 9.17) is 19.9 Å². The number of fused-ring (bicyclic) bond motifs is 8. The summed E-state index contributed by atoms with van der Waals surface area (Å²) in [7, 11) is 0. The number of hydrogen-bond acceptors (Lipinski definition) is 8. The number of carbonyl (C=O) groups is 2. The minimum absolute atomic E-state index is 0.00255. The number of nitrogens with zero attached hydrogens (tertiary/aromatic N) is 3. The number of nitrogen functional groups attached to an aromatic ring is 1. The van der Waals surface area contributed by atoms with Gasteiger partial charge in [-0.05, 0) is 45.0 Å². The minimum atomic E-state index is -0.640. The maximum absolute atomic E-state index is 13.2. The van der Waals surface area contributed by atoms with E-state index in [1.165, 1.54) is 6.20 Å². The molecule has 2 unspecified atom stereocenters. The zero-order chi connectivity index (χ0) is 26.2. The van der Waals surface area contributed by atoms with E-state index in [0.717, 1.165) is 0 Å². The Morgan fingerprint density at radius 2 is 2.00 bits per heavy atom. The third kappa shape index (κ3) is 5.42. The number of hydrogen-bond donors (Lipinski definition) is 2. The van der Waals surface area contributed by atoms with Gasteiger partial charge < -0.3 is 25.3 Å². The molecule has 2 atom stereocenters. The van der Waals surface area contributed by atoms with Gasteiger partial charge in [0.1, 0.15) is 29.8 Å². The van der Waals surface area contributed by atoms with E-state index in [9.17, 15) is 9.59 Å². The van der Waals surface area contributed by atoms with Crippen molar-refractivity contribution in [1.82, 2.24) is 14.9 Å². The molecule has 2 aliphatic heterocycles. The molecule has 37 heavy (non-hydrogen) atoms. The summed E-state index contributed by atoms with van der Waals surface area (Å²) in [6, 6.07) is 14.1. The standard InChI is InChI=1S/C27H29N5O5/c1-27(2,3)37-26(34)32-14-19-12-17(32)15-35-18-8-6-7-16(11-18)21-13-29-24(28)23(30-21)25(33)31-20-9-4-5-10-22(20)36-19/h4-11,13,17,19H,12,14-15H2,1-3H3,(H2,28,29)(H,31,33). The van der Waals surface area contributed by atoms with Gasteiger partial charge in [0.25, 0.3) is 5.91 Å². The van der Waals surface area contributed by atoms with Crippen LogP contribution in [0.15, 0.2) is 54.7 Å². The number of benzene rings is 2. The molecule has 10 nitrogen and oxygen atoms in total. The van der Waals surface area contributed by atoms with Gasteiger partial charge in [-0.3, -0.25) is 9.69 Å². The predicted octanol–water partition coefficient (Wildman–Crippen LogP) is 4.13. The first-order chi connectivity index (χ1) is 17.7. The summed E-state index contributed by atoms with van der Waals surface area (Å²) in [6.07, 6.45) is 1.27. The van der Waals surface area contributed by atoms with Crippen LogP contribution in [0, 0.1) is 0 Å². The second kappa shape index (κ2) is 9.61. The van der Waals surface area contributed by atoms with Gasteiger partial charge in [0.2, 0.25) is 0 Å². The molecule has 3 aromatic rings. The van der Waals surface area contributed by atoms with Crippen molar-refractivity contribution in [3.8, 4) is 22.8 Å². The van der Waals surface area contributed by atoms with Gasteiger partial charge in [0.05, 0.1) is 30.2 Å². The third-order valence-corrected chi connectivity index (χ3v) is 6.02. The maximum Gasteiger partial charge on any atom is 0.410 e. The number of nitrogens with one attached hydrogen (secondary N) is 1. The zero-order valence-electron chi connectivity index (χ0n) is 20.9. The number of rotatable bonds is 0. The summed E-state index contributed by atoms with van der Waals surface area (Å²) < 4.78 is 18.1. The number of likely N-dealkylation sites (tertiary alicyclic amines) is 1. The molecule has 0 aliphatic carbocycles. The minimum Gasteiger partial charge on any atom is -0.491 e. The van der Waals surface area contributed by atoms with E-state index in [1.54, 1.807) is 23.1 Å². The van der Waals surface area contributed by atoms with Gasteiger partial charge in [-0.15, -0.1) is 0 Å². The van der Waals surface area contributed by atoms with Crippen LogP contribution in [0.3, 0.4) is 0 Å². The van der Waals surface area contributed by atoms with Crippen LogP contribution in [-0.4, -0.2) is 57.8 Å². The van der Waals surface area contributed by atoms with Gasteiger partial charge >= 0.3 is 6.09 Å². The highest BCUT2D eigenvalue weighted by atomic mass is 16.6. The lowest BCUT2D eigenvalue weighted by molar-refractivity contribution is 0.0176. The van der Waals surface area contributed by atoms with Crippen molar-refractivity contribution in [2.45, 2.75) is 44.9 Å². The van der Waals surface area contributed by atoms with E-state index in [0.29, 0.717) is 41.4 Å². The highest BCUT2D eigenvalue weighted by molar-refractivity contribution is 6.06. The number of anilines is 2. The topological polar surface area (TPSA) is 129 Å². The summed E-state index contributed by atoms with van der Waals surface area (Å²) in [5.41, 5.74) is 7.00. The fourth-order valence-electron chi connectivity index (χ4n) is 4.34. The van der Waals surface area contributed by atoms with E-state index in [-0.39, 0.29) is 30.3 Å². The maximum atomic E-state index is 13.2. The molecule has 192 valence electrons. The van der Waals surface area contributed by atoms with Crippen molar-refractivity contribution in [1.29, 1.82) is 0 Å². The van der Waals surface area contributed by atoms with Gasteiger partial charge in [0, 0.05) is 12.0 Å². The predicted molar refractivity (Wildman–Crippen MR) is 138 cm³/mol. The fourth-order valence-corrected chi connectivity index (χ4v) is 4.34. The van der Waals surface area contributed by atoms with E-state index >= 15 is 0 Å². The van der Waals surface area contributed by atoms with Crippen molar-refractivity contribution < 1.29 is 23.8 Å². The third-order valence-electron chi connectivity index (χ3n) is 6.02. The molecule has 2 aromatic carbocycles. The van der Waals surface area contributed by atoms with Gasteiger partial charge in [0.15, 0.2) is 11.5 Å². The van der Waals surface area contributed by atoms with Crippen LogP contribution in [0.5, 0.6) is 11.5 Å². The Balaban J connectivity index is 1.54. The molecule has 0 saturated carbocycles. The number of nitrogens with two attached hydrogens (primary N) is 1. The molecule has 6 bridgehead atoms. The average Bonchev–Trinajstić information content (AvgIpc) is 3.26. The molecule has 1 aromatic heterocycles. The number of amides is 2. The van der Waals surface area contributed by atoms with E-state index in [1.807, 2.05) is 51.1 Å². The largest absolute Gasteiger partial charge is 0.491 e. The van der Waals surface area contributed by atoms with Crippen LogP contribution in [0.2, 0.25) is 0 Å². The first-order valence-electron chi connectivity index (χ1n) is 12.1. The Hall–Kier alpha value is -4.34. The monoisotopic (exact) mass is 503 g/mol. The molecule has 1 saturated heterocycles. The molecule has 5 rings (SSSR count). The van der Waals surface area contributed by atoms with Crippen LogP contribution >= 0.6 is 0 Å². The molecule has 10 heteroatoms. The Labute approximate surface area is 214 Å². The second-order valence-electron chi connectivity index (χ2n) is 10.0. The number of carbonyl (C=O) groups excluding carboxylic acids is 2. The fraction of sp³-hybridized carbons (Fsp3) is 0.333. The zero-order valence-corrected chi connectivity index (χ0v) is 20.9. The number of para-hydroxylation sites is 2. The molecule has 2 amide bonds. The lowest BCUT2D eigenvalue weighted by atomic mass is 10.1. The highest BCUT2D eigenvalue weighted by Gasteiger charge is 2.39. The quantitative estimate of drug-likeness (QED) is 0.469. The first-order valence-corrected chi connectivity index (χ1v) is 12.1. The summed E-state index contributed by atoms with van der Waals surface area (Å²) >= 11 is 0. The molecule has 3 N–H and O–H groups in total. The van der Waals surface area contributed by atoms with Crippen molar-refractivity contribution in [3.63, 3.8) is 0 Å². The number of aromatic nitrogens is 2. The van der Waals surface area contributed by atoms with Crippen LogP contribution in [0.25, 0.3) is 11.3 Å². The summed E-state index contributed by atoms with van der Waals surface area (Å²) in [6.45, 7) is 6.05. The molecule has 0 radical (unpaired) electrons. The van der Waals surface area contributed by atoms with Gasteiger partial charge in [-0.2, -0.15) is 0 Å². The van der Waals surface area contributed by atoms with Crippen LogP contribution in [-0.2, 0) is 4.74 Å². The van der Waals surface area contributed by atoms with Crippen molar-refractivity contribution >= 4 is 23.5 Å². The van der Waals surface area contributed by atoms with Gasteiger partial charge in [-0.25, -0.2) is 14.8 Å². The van der Waals surface area contributed by atoms with Crippen LogP contribution in [0.1, 0.15) is 37.7 Å². The summed E-state index contributed by atoms with van der Waals surface area (Å²) in [4.78, 5) is 36.5. The summed E-state index contributed by atoms with van der Waals surface area (Å²) in [5, 5.41) is 2.85. The smallest absolute Gasteiger partial charge is 0.410 e. The Morgan fingerprint density at radius 3 is 2.81 bits per heavy atom. The summed E-state index contributed by atoms with van der Waals surface area (Å²) in [5.74, 6) is 0.557. The Bertz CT molecular complexity index is 1340. The number of ether oxygens (including phenoxy) is 3. The SMILES string of the molecule is CC(C)(C)OC(=O)N1CC2CC1COc1cccc(c1)-c1cnc(N)c(n1)C(=O)Nc1ccccc1O2. The van der Waals surface area contributed by atoms with Crippen LogP contribution in [0.4, 0.5) is 16.3 Å². The lowest BCUT2D eigenvalue weighted by Crippen LogP contribution is -2.42. The Morgan fingerprint density at radius 1 is 1.19 bits per heavy atom. The van der Waals surface area contributed by atoms with E-state index < -0.39 is 17.6 Å². The highest BCUT2D eigenvalue weighted by Crippen LogP contribution is 2.32.